The number of nitrogens with two attached hydrogens (primary N) is 1. The second kappa shape index (κ2) is 5.89. The van der Waals surface area contributed by atoms with E-state index in [0.717, 1.165) is 18.7 Å². The standard InChI is InChI=1S/C11H17F2N3/c1-16(2)6-5-11(15-14)9-7-8(12)3-4-10(9)13/h3-4,7,11,15H,5-6,14H2,1-2H3. The van der Waals surface area contributed by atoms with Crippen molar-refractivity contribution in [1.29, 1.82) is 0 Å². The normalized spacial score (nSPS) is 13.1. The van der Waals surface area contributed by atoms with Gasteiger partial charge in [0.2, 0.25) is 0 Å². The predicted molar refractivity (Wildman–Crippen MR) is 59.6 cm³/mol. The van der Waals surface area contributed by atoms with Crippen LogP contribution in [0.4, 0.5) is 8.78 Å². The summed E-state index contributed by atoms with van der Waals surface area (Å²) in [5.74, 6) is 4.45. The molecule has 0 saturated carbocycles. The molecule has 1 aromatic rings. The first-order valence-corrected chi connectivity index (χ1v) is 5.10. The van der Waals surface area contributed by atoms with E-state index in [-0.39, 0.29) is 11.6 Å². The van der Waals surface area contributed by atoms with Gasteiger partial charge in [-0.2, -0.15) is 0 Å². The lowest BCUT2D eigenvalue weighted by atomic mass is 10.0. The van der Waals surface area contributed by atoms with E-state index in [0.29, 0.717) is 6.42 Å². The zero-order valence-corrected chi connectivity index (χ0v) is 9.50. The van der Waals surface area contributed by atoms with Crippen LogP contribution in [-0.4, -0.2) is 25.5 Å². The molecule has 0 heterocycles. The van der Waals surface area contributed by atoms with Gasteiger partial charge in [-0.3, -0.25) is 11.3 Å². The summed E-state index contributed by atoms with van der Waals surface area (Å²) >= 11 is 0. The number of rotatable bonds is 5. The van der Waals surface area contributed by atoms with E-state index in [4.69, 9.17) is 5.84 Å². The summed E-state index contributed by atoms with van der Waals surface area (Å²) in [7, 11) is 3.82. The number of benzene rings is 1. The number of nitrogens with one attached hydrogen (secondary N) is 1. The Labute approximate surface area is 94.2 Å². The molecule has 0 aliphatic carbocycles. The lowest BCUT2D eigenvalue weighted by Crippen LogP contribution is -2.31. The molecule has 1 atom stereocenters. The first-order chi connectivity index (χ1) is 7.54. The molecule has 3 N–H and O–H groups in total. The van der Waals surface area contributed by atoms with Crippen LogP contribution < -0.4 is 11.3 Å². The first-order valence-electron chi connectivity index (χ1n) is 5.10. The van der Waals surface area contributed by atoms with E-state index in [1.807, 2.05) is 19.0 Å². The summed E-state index contributed by atoms with van der Waals surface area (Å²) in [4.78, 5) is 1.96. The molecule has 0 aliphatic heterocycles. The fourth-order valence-corrected chi connectivity index (χ4v) is 1.50. The predicted octanol–water partition coefficient (Wildman–Crippen LogP) is 1.42. The summed E-state index contributed by atoms with van der Waals surface area (Å²) < 4.78 is 26.5. The highest BCUT2D eigenvalue weighted by atomic mass is 19.1. The van der Waals surface area contributed by atoms with Gasteiger partial charge in [-0.25, -0.2) is 8.78 Å². The Hall–Kier alpha value is -1.04. The quantitative estimate of drug-likeness (QED) is 0.592. The molecule has 0 aliphatic rings. The van der Waals surface area contributed by atoms with Crippen LogP contribution in [0, 0.1) is 11.6 Å². The van der Waals surface area contributed by atoms with Crippen molar-refractivity contribution >= 4 is 0 Å². The summed E-state index contributed by atoms with van der Waals surface area (Å²) in [5, 5.41) is 0. The lowest BCUT2D eigenvalue weighted by Gasteiger charge is -2.19. The smallest absolute Gasteiger partial charge is 0.128 e. The minimum absolute atomic E-state index is 0.268. The molecule has 0 aromatic heterocycles. The molecule has 1 unspecified atom stereocenters. The maximum Gasteiger partial charge on any atom is 0.128 e. The van der Waals surface area contributed by atoms with E-state index in [2.05, 4.69) is 5.43 Å². The van der Waals surface area contributed by atoms with E-state index < -0.39 is 11.6 Å². The van der Waals surface area contributed by atoms with Gasteiger partial charge in [0.25, 0.3) is 0 Å². The molecule has 90 valence electrons. The van der Waals surface area contributed by atoms with Gasteiger partial charge >= 0.3 is 0 Å². The van der Waals surface area contributed by atoms with Gasteiger partial charge in [0.05, 0.1) is 6.04 Å². The zero-order chi connectivity index (χ0) is 12.1. The number of hydrogen-bond acceptors (Lipinski definition) is 3. The molecule has 0 amide bonds. The Morgan fingerprint density at radius 3 is 2.62 bits per heavy atom. The van der Waals surface area contributed by atoms with Crippen LogP contribution in [-0.2, 0) is 0 Å². The molecule has 5 heteroatoms. The number of hydrazine groups is 1. The molecule has 3 nitrogen and oxygen atoms in total. The monoisotopic (exact) mass is 229 g/mol. The van der Waals surface area contributed by atoms with Gasteiger partial charge in [0.15, 0.2) is 0 Å². The Morgan fingerprint density at radius 2 is 2.06 bits per heavy atom. The van der Waals surface area contributed by atoms with Crippen molar-refractivity contribution in [2.45, 2.75) is 12.5 Å². The summed E-state index contributed by atoms with van der Waals surface area (Å²) in [6, 6.07) is 3.01. The largest absolute Gasteiger partial charge is 0.309 e. The van der Waals surface area contributed by atoms with Crippen LogP contribution in [0.3, 0.4) is 0 Å². The highest BCUT2D eigenvalue weighted by molar-refractivity contribution is 5.22. The Kier molecular flexibility index (Phi) is 4.79. The molecular weight excluding hydrogens is 212 g/mol. The van der Waals surface area contributed by atoms with Crippen molar-refractivity contribution in [3.05, 3.63) is 35.4 Å². The SMILES string of the molecule is CN(C)CCC(NN)c1cc(F)ccc1F. The molecule has 0 bridgehead atoms. The van der Waals surface area contributed by atoms with Crippen molar-refractivity contribution in [3.63, 3.8) is 0 Å². The maximum absolute atomic E-state index is 13.5. The Bertz CT molecular complexity index is 342. The number of nitrogens with zero attached hydrogens (tertiary/aromatic N) is 1. The minimum atomic E-state index is -0.457. The molecule has 1 rings (SSSR count). The van der Waals surface area contributed by atoms with Crippen LogP contribution in [0.2, 0.25) is 0 Å². The Morgan fingerprint density at radius 1 is 1.38 bits per heavy atom. The van der Waals surface area contributed by atoms with Crippen molar-refractivity contribution in [2.24, 2.45) is 5.84 Å². The van der Waals surface area contributed by atoms with Crippen LogP contribution in [0.15, 0.2) is 18.2 Å². The van der Waals surface area contributed by atoms with Crippen LogP contribution in [0.25, 0.3) is 0 Å². The van der Waals surface area contributed by atoms with E-state index in [9.17, 15) is 8.78 Å². The summed E-state index contributed by atoms with van der Waals surface area (Å²) in [5.41, 5.74) is 2.78. The molecular formula is C11H17F2N3. The van der Waals surface area contributed by atoms with Crippen LogP contribution >= 0.6 is 0 Å². The third-order valence-corrected chi connectivity index (χ3v) is 2.40. The van der Waals surface area contributed by atoms with Crippen molar-refractivity contribution in [2.75, 3.05) is 20.6 Å². The fourth-order valence-electron chi connectivity index (χ4n) is 1.50. The van der Waals surface area contributed by atoms with Crippen molar-refractivity contribution in [3.8, 4) is 0 Å². The summed E-state index contributed by atoms with van der Waals surface area (Å²) in [6.07, 6.45) is 0.615. The molecule has 16 heavy (non-hydrogen) atoms. The van der Waals surface area contributed by atoms with Gasteiger partial charge in [-0.15, -0.1) is 0 Å². The van der Waals surface area contributed by atoms with Crippen molar-refractivity contribution in [1.82, 2.24) is 10.3 Å². The maximum atomic E-state index is 13.5. The van der Waals surface area contributed by atoms with E-state index in [1.54, 1.807) is 0 Å². The first kappa shape index (κ1) is 13.0. The van der Waals surface area contributed by atoms with Crippen molar-refractivity contribution < 1.29 is 8.78 Å². The number of halogens is 2. The van der Waals surface area contributed by atoms with E-state index >= 15 is 0 Å². The second-order valence-corrected chi connectivity index (χ2v) is 3.98. The van der Waals surface area contributed by atoms with Gasteiger partial charge in [-0.05, 0) is 45.3 Å². The Balaban J connectivity index is 2.81. The zero-order valence-electron chi connectivity index (χ0n) is 9.50. The van der Waals surface area contributed by atoms with E-state index in [1.165, 1.54) is 6.07 Å². The second-order valence-electron chi connectivity index (χ2n) is 3.98. The lowest BCUT2D eigenvalue weighted by molar-refractivity contribution is 0.358. The summed E-state index contributed by atoms with van der Waals surface area (Å²) in [6.45, 7) is 0.741. The molecule has 1 aromatic carbocycles. The number of hydrogen-bond donors (Lipinski definition) is 2. The molecule has 0 radical (unpaired) electrons. The third-order valence-electron chi connectivity index (χ3n) is 2.40. The van der Waals surface area contributed by atoms with Gasteiger partial charge in [0.1, 0.15) is 11.6 Å². The topological polar surface area (TPSA) is 41.3 Å². The molecule has 0 fully saturated rings. The van der Waals surface area contributed by atoms with Gasteiger partial charge < -0.3 is 4.90 Å². The molecule has 0 saturated heterocycles. The minimum Gasteiger partial charge on any atom is -0.309 e. The third kappa shape index (κ3) is 3.52. The highest BCUT2D eigenvalue weighted by Crippen LogP contribution is 2.20. The highest BCUT2D eigenvalue weighted by Gasteiger charge is 2.15. The average Bonchev–Trinajstić information content (AvgIpc) is 2.23. The fraction of sp³-hybridized carbons (Fsp3) is 0.455. The van der Waals surface area contributed by atoms with Crippen LogP contribution in [0.5, 0.6) is 0 Å². The molecule has 0 spiro atoms. The van der Waals surface area contributed by atoms with Crippen LogP contribution in [0.1, 0.15) is 18.0 Å². The van der Waals surface area contributed by atoms with Gasteiger partial charge in [-0.1, -0.05) is 0 Å². The average molecular weight is 229 g/mol. The van der Waals surface area contributed by atoms with Gasteiger partial charge in [0, 0.05) is 5.56 Å².